The Morgan fingerprint density at radius 1 is 0.565 bits per heavy atom. The number of carbonyl (C=O) groups is 1. The first-order chi connectivity index (χ1) is 30.0. The molecule has 0 spiro atoms. The van der Waals surface area contributed by atoms with E-state index in [1.807, 2.05) is 27.2 Å². The van der Waals surface area contributed by atoms with Crippen molar-refractivity contribution in [2.24, 2.45) is 0 Å². The predicted octanol–water partition coefficient (Wildman–Crippen LogP) is 14.6. The average molecular weight is 893 g/mol. The first-order valence-corrected chi connectivity index (χ1v) is 27.5. The number of unbranched alkanes of at least 4 members (excludes halogenated alkanes) is 28. The molecule has 0 aromatic heterocycles. The van der Waals surface area contributed by atoms with E-state index in [-0.39, 0.29) is 12.5 Å². The number of likely N-dealkylation sites (N-methyl/N-ethyl adjacent to an activating group) is 1. The minimum atomic E-state index is -4.60. The Kier molecular flexibility index (Phi) is 43.5. The molecule has 9 heteroatoms. The molecule has 62 heavy (non-hydrogen) atoms. The van der Waals surface area contributed by atoms with Crippen molar-refractivity contribution in [1.29, 1.82) is 0 Å². The second-order valence-electron chi connectivity index (χ2n) is 18.9. The summed E-state index contributed by atoms with van der Waals surface area (Å²) in [5, 5.41) is 13.8. The first-order valence-electron chi connectivity index (χ1n) is 26.0. The summed E-state index contributed by atoms with van der Waals surface area (Å²) in [6, 6.07) is -0.902. The van der Waals surface area contributed by atoms with Gasteiger partial charge in [-0.1, -0.05) is 210 Å². The van der Waals surface area contributed by atoms with E-state index in [0.29, 0.717) is 17.4 Å². The molecule has 0 radical (unpaired) electrons. The van der Waals surface area contributed by atoms with E-state index in [1.165, 1.54) is 167 Å². The number of carbonyl (C=O) groups excluding carboxylic acids is 1. The maximum absolute atomic E-state index is 12.9. The standard InChI is InChI=1S/C53H101N2O6P/c1-6-8-10-12-14-16-18-20-21-22-23-24-25-26-27-28-29-30-31-32-33-35-37-39-41-43-45-47-53(57)54-51(50-61-62(58,59)60-49-48-55(3,4)5)52(56)46-44-42-40-38-36-34-19-17-15-13-11-9-7-2/h18,20,22-23,36,38,44,46,51-52,56H,6-17,19,21,24-35,37,39-43,45,47-50H2,1-5H3,(H-,54,57,58,59)/b20-18-,23-22-,38-36+,46-44+. The minimum absolute atomic E-state index is 0.00667. The lowest BCUT2D eigenvalue weighted by atomic mass is 10.0. The monoisotopic (exact) mass is 893 g/mol. The highest BCUT2D eigenvalue weighted by Gasteiger charge is 2.23. The number of hydrogen-bond donors (Lipinski definition) is 2. The molecule has 0 heterocycles. The number of hydrogen-bond acceptors (Lipinski definition) is 6. The van der Waals surface area contributed by atoms with Crippen molar-refractivity contribution in [2.45, 2.75) is 244 Å². The van der Waals surface area contributed by atoms with Crippen LogP contribution < -0.4 is 10.2 Å². The van der Waals surface area contributed by atoms with Crippen molar-refractivity contribution in [1.82, 2.24) is 5.32 Å². The number of aliphatic hydroxyl groups is 1. The molecule has 8 nitrogen and oxygen atoms in total. The smallest absolute Gasteiger partial charge is 0.268 e. The molecule has 1 amide bonds. The number of allylic oxidation sites excluding steroid dienone is 7. The second kappa shape index (κ2) is 44.7. The lowest BCUT2D eigenvalue weighted by Gasteiger charge is -2.29. The van der Waals surface area contributed by atoms with Crippen LogP contribution in [0.4, 0.5) is 0 Å². The van der Waals surface area contributed by atoms with Gasteiger partial charge < -0.3 is 28.8 Å². The molecule has 0 saturated carbocycles. The Morgan fingerprint density at radius 3 is 1.40 bits per heavy atom. The lowest BCUT2D eigenvalue weighted by molar-refractivity contribution is -0.870. The SMILES string of the molecule is CCCCCCC/C=C\C/C=C\CCCCCCCCCCCCCCCCCC(=O)NC(COP(=O)([O-])OCC[N+](C)(C)C)C(O)/C=C/CC/C=C/CCCCCCCCC. The van der Waals surface area contributed by atoms with Gasteiger partial charge in [0.25, 0.3) is 7.82 Å². The largest absolute Gasteiger partial charge is 0.756 e. The first kappa shape index (κ1) is 60.5. The van der Waals surface area contributed by atoms with Gasteiger partial charge in [-0.25, -0.2) is 0 Å². The zero-order valence-corrected chi connectivity index (χ0v) is 42.2. The van der Waals surface area contributed by atoms with E-state index in [9.17, 15) is 19.4 Å². The van der Waals surface area contributed by atoms with E-state index >= 15 is 0 Å². The van der Waals surface area contributed by atoms with Gasteiger partial charge in [0.2, 0.25) is 5.91 Å². The summed E-state index contributed by atoms with van der Waals surface area (Å²) in [5.74, 6) is -0.208. The molecule has 2 N–H and O–H groups in total. The molecule has 0 aliphatic carbocycles. The molecule has 0 aliphatic rings. The zero-order chi connectivity index (χ0) is 45.7. The summed E-state index contributed by atoms with van der Waals surface area (Å²) in [6.45, 7) is 4.61. The number of nitrogens with one attached hydrogen (secondary N) is 1. The molecule has 0 saturated heterocycles. The fourth-order valence-electron chi connectivity index (χ4n) is 7.38. The Bertz CT molecular complexity index is 1150. The summed E-state index contributed by atoms with van der Waals surface area (Å²) >= 11 is 0. The van der Waals surface area contributed by atoms with E-state index in [0.717, 1.165) is 44.9 Å². The van der Waals surface area contributed by atoms with Gasteiger partial charge in [0, 0.05) is 6.42 Å². The molecule has 0 aromatic rings. The molecule has 0 fully saturated rings. The van der Waals surface area contributed by atoms with Gasteiger partial charge in [0.1, 0.15) is 13.2 Å². The van der Waals surface area contributed by atoms with Gasteiger partial charge in [0.05, 0.1) is 39.9 Å². The molecular weight excluding hydrogens is 792 g/mol. The number of nitrogens with zero attached hydrogens (tertiary/aromatic N) is 1. The second-order valence-corrected chi connectivity index (χ2v) is 20.3. The molecule has 0 rings (SSSR count). The van der Waals surface area contributed by atoms with Crippen LogP contribution in [0.5, 0.6) is 0 Å². The normalized spacial score (nSPS) is 14.5. The topological polar surface area (TPSA) is 108 Å². The Morgan fingerprint density at radius 2 is 0.952 bits per heavy atom. The van der Waals surface area contributed by atoms with Crippen LogP contribution >= 0.6 is 7.82 Å². The van der Waals surface area contributed by atoms with E-state index in [2.05, 4.69) is 55.6 Å². The summed E-state index contributed by atoms with van der Waals surface area (Å²) in [6.07, 6.45) is 57.5. The van der Waals surface area contributed by atoms with Gasteiger partial charge in [-0.2, -0.15) is 0 Å². The fraction of sp³-hybridized carbons (Fsp3) is 0.830. The number of aliphatic hydroxyl groups excluding tert-OH is 1. The third-order valence-corrected chi connectivity index (χ3v) is 12.5. The summed E-state index contributed by atoms with van der Waals surface area (Å²) in [4.78, 5) is 25.4. The fourth-order valence-corrected chi connectivity index (χ4v) is 8.10. The maximum Gasteiger partial charge on any atom is 0.268 e. The van der Waals surface area contributed by atoms with Gasteiger partial charge in [-0.15, -0.1) is 0 Å². The summed E-state index contributed by atoms with van der Waals surface area (Å²) in [5.41, 5.74) is 0. The number of rotatable bonds is 47. The number of quaternary nitrogens is 1. The van der Waals surface area contributed by atoms with Crippen LogP contribution in [0, 0.1) is 0 Å². The minimum Gasteiger partial charge on any atom is -0.756 e. The van der Waals surface area contributed by atoms with Crippen LogP contribution in [0.25, 0.3) is 0 Å². The van der Waals surface area contributed by atoms with Crippen molar-refractivity contribution in [3.8, 4) is 0 Å². The number of phosphoric ester groups is 1. The van der Waals surface area contributed by atoms with Crippen LogP contribution in [0.3, 0.4) is 0 Å². The van der Waals surface area contributed by atoms with Crippen molar-refractivity contribution >= 4 is 13.7 Å². The van der Waals surface area contributed by atoms with Crippen molar-refractivity contribution in [3.05, 3.63) is 48.6 Å². The Labute approximate surface area is 384 Å². The molecule has 3 atom stereocenters. The maximum atomic E-state index is 12.9. The predicted molar refractivity (Wildman–Crippen MR) is 265 cm³/mol. The Hall–Kier alpha value is -1.54. The molecule has 0 aromatic carbocycles. The van der Waals surface area contributed by atoms with Crippen LogP contribution in [0.1, 0.15) is 232 Å². The molecular formula is C53H101N2O6P. The van der Waals surface area contributed by atoms with Crippen LogP contribution in [0.2, 0.25) is 0 Å². The van der Waals surface area contributed by atoms with Gasteiger partial charge in [-0.3, -0.25) is 9.36 Å². The zero-order valence-electron chi connectivity index (χ0n) is 41.3. The Balaban J connectivity index is 4.18. The lowest BCUT2D eigenvalue weighted by Crippen LogP contribution is -2.45. The highest BCUT2D eigenvalue weighted by Crippen LogP contribution is 2.38. The molecule has 0 bridgehead atoms. The van der Waals surface area contributed by atoms with Crippen molar-refractivity contribution in [2.75, 3.05) is 40.9 Å². The highest BCUT2D eigenvalue weighted by molar-refractivity contribution is 7.45. The summed E-state index contributed by atoms with van der Waals surface area (Å²) < 4.78 is 23.2. The molecule has 0 aliphatic heterocycles. The van der Waals surface area contributed by atoms with Crippen LogP contribution in [0.15, 0.2) is 48.6 Å². The van der Waals surface area contributed by atoms with Crippen molar-refractivity contribution in [3.63, 3.8) is 0 Å². The molecule has 364 valence electrons. The van der Waals surface area contributed by atoms with E-state index < -0.39 is 26.6 Å². The summed E-state index contributed by atoms with van der Waals surface area (Å²) in [7, 11) is 1.24. The number of amides is 1. The van der Waals surface area contributed by atoms with E-state index in [4.69, 9.17) is 9.05 Å². The van der Waals surface area contributed by atoms with Gasteiger partial charge in [-0.05, 0) is 64.2 Å². The third kappa shape index (κ3) is 46.5. The van der Waals surface area contributed by atoms with Crippen LogP contribution in [-0.2, 0) is 18.4 Å². The van der Waals surface area contributed by atoms with Gasteiger partial charge >= 0.3 is 0 Å². The molecule has 3 unspecified atom stereocenters. The van der Waals surface area contributed by atoms with Crippen LogP contribution in [-0.4, -0.2) is 68.5 Å². The average Bonchev–Trinajstić information content (AvgIpc) is 3.23. The number of phosphoric acid groups is 1. The van der Waals surface area contributed by atoms with E-state index in [1.54, 1.807) is 6.08 Å². The van der Waals surface area contributed by atoms with Gasteiger partial charge in [0.15, 0.2) is 0 Å². The third-order valence-electron chi connectivity index (χ3n) is 11.5. The highest BCUT2D eigenvalue weighted by atomic mass is 31.2. The quantitative estimate of drug-likeness (QED) is 0.0273. The van der Waals surface area contributed by atoms with Crippen molar-refractivity contribution < 1.29 is 32.9 Å².